The summed E-state index contributed by atoms with van der Waals surface area (Å²) in [6, 6.07) is 42.0. The van der Waals surface area contributed by atoms with Crippen LogP contribution in [0.5, 0.6) is 0 Å². The first-order valence-electron chi connectivity index (χ1n) is 15.5. The van der Waals surface area contributed by atoms with Crippen LogP contribution in [0.3, 0.4) is 0 Å². The standard InChI is InChI=1S/C42H35PS2.Os/c1-4-16-39-27-29-41(44-39)42-30-28-40(45-42)26-25-34(31-35-18-15-17-33(35)5-2)32(3)43(36-19-9-6-10-20-36,37-21-11-7-12-22-37)38-23-13-8-14-24-38;/h4-14,16,19-24,27-31H,15,17-18H2,1-2H3;/q+1;/b16-4+,33-5?,34-32?,35-31?;. The fraction of sp³-hybridized carbons (Fsp3) is 0.119. The second kappa shape index (κ2) is 15.3. The fourth-order valence-electron chi connectivity index (χ4n) is 6.11. The molecule has 0 aliphatic heterocycles. The van der Waals surface area contributed by atoms with Gasteiger partial charge in [0.15, 0.2) is 0 Å². The van der Waals surface area contributed by atoms with Crippen molar-refractivity contribution in [2.24, 2.45) is 0 Å². The van der Waals surface area contributed by atoms with E-state index in [-0.39, 0.29) is 0 Å². The number of rotatable bonds is 7. The number of hydrogen-bond acceptors (Lipinski definition) is 2. The van der Waals surface area contributed by atoms with Crippen LogP contribution < -0.4 is 15.9 Å². The number of benzene rings is 3. The van der Waals surface area contributed by atoms with Crippen LogP contribution in [0.25, 0.3) is 15.8 Å². The van der Waals surface area contributed by atoms with Crippen molar-refractivity contribution >= 4 is 51.9 Å². The molecule has 1 aliphatic carbocycles. The average molecular weight is 825 g/mol. The van der Waals surface area contributed by atoms with Crippen LogP contribution in [0, 0.1) is 16.2 Å². The summed E-state index contributed by atoms with van der Waals surface area (Å²) in [4.78, 5) is 4.89. The third-order valence-electron chi connectivity index (χ3n) is 8.20. The molecule has 1 aliphatic rings. The molecule has 0 unspecified atom stereocenters. The van der Waals surface area contributed by atoms with E-state index in [2.05, 4.69) is 170 Å². The van der Waals surface area contributed by atoms with Crippen molar-refractivity contribution in [3.63, 3.8) is 0 Å². The first-order valence-corrected chi connectivity index (χ1v) is 20.2. The van der Waals surface area contributed by atoms with E-state index in [1.807, 2.05) is 29.3 Å². The molecular weight excluding hydrogens is 790 g/mol. The topological polar surface area (TPSA) is 0 Å². The average Bonchev–Trinajstić information content (AvgIpc) is 3.89. The van der Waals surface area contributed by atoms with E-state index in [4.69, 9.17) is 0 Å². The molecule has 0 atom stereocenters. The molecule has 0 bridgehead atoms. The van der Waals surface area contributed by atoms with Crippen LogP contribution in [0.1, 0.15) is 42.9 Å². The Hall–Kier alpha value is -3.57. The maximum atomic E-state index is 3.82. The Morgan fingerprint density at radius 2 is 1.26 bits per heavy atom. The summed E-state index contributed by atoms with van der Waals surface area (Å²) in [5.74, 6) is 7.39. The Labute approximate surface area is 292 Å². The van der Waals surface area contributed by atoms with Gasteiger partial charge in [-0.05, 0) is 6.92 Å². The summed E-state index contributed by atoms with van der Waals surface area (Å²) in [5.41, 5.74) is 3.91. The summed E-state index contributed by atoms with van der Waals surface area (Å²) >= 11 is 5.41. The summed E-state index contributed by atoms with van der Waals surface area (Å²) < 4.78 is 3.82. The molecule has 1 saturated carbocycles. The van der Waals surface area contributed by atoms with Gasteiger partial charge >= 0.3 is 281 Å². The van der Waals surface area contributed by atoms with Gasteiger partial charge in [0.25, 0.3) is 0 Å². The molecule has 2 heterocycles. The maximum absolute atomic E-state index is 3.82. The Morgan fingerprint density at radius 3 is 1.83 bits per heavy atom. The molecule has 0 nitrogen and oxygen atoms in total. The van der Waals surface area contributed by atoms with Gasteiger partial charge in [0.05, 0.1) is 0 Å². The molecule has 227 valence electrons. The fourth-order valence-corrected chi connectivity index (χ4v) is 13.8. The predicted molar refractivity (Wildman–Crippen MR) is 201 cm³/mol. The number of hydrogen-bond donors (Lipinski definition) is 0. The summed E-state index contributed by atoms with van der Waals surface area (Å²) in [6.07, 6.45) is 12.3. The van der Waals surface area contributed by atoms with E-state index in [0.29, 0.717) is 0 Å². The molecule has 0 amide bonds. The van der Waals surface area contributed by atoms with Gasteiger partial charge in [-0.2, -0.15) is 0 Å². The SMILES string of the molecule is CC=C1CCCC1=CC(C#Cc1ccc(-c2ccc(/C=C/C)s2)s1)=C([C]#[Os])[P+](c1ccccc1)(c1ccccc1)c1ccccc1. The quantitative estimate of drug-likeness (QED) is 0.113. The van der Waals surface area contributed by atoms with Gasteiger partial charge in [-0.25, -0.2) is 0 Å². The molecule has 3 aromatic carbocycles. The first kappa shape index (κ1) is 32.4. The van der Waals surface area contributed by atoms with Crippen molar-refractivity contribution < 1.29 is 17.9 Å². The minimum atomic E-state index is -2.36. The molecule has 0 saturated heterocycles. The zero-order chi connectivity index (χ0) is 31.8. The van der Waals surface area contributed by atoms with Gasteiger partial charge in [-0.1, -0.05) is 6.08 Å². The molecule has 4 heteroatoms. The first-order chi connectivity index (χ1) is 22.7. The third kappa shape index (κ3) is 6.76. The van der Waals surface area contributed by atoms with Crippen molar-refractivity contribution in [3.05, 3.63) is 165 Å². The van der Waals surface area contributed by atoms with Crippen LogP contribution in [0.2, 0.25) is 0 Å². The molecule has 0 radical (unpaired) electrons. The molecule has 6 rings (SSSR count). The second-order valence-electron chi connectivity index (χ2n) is 11.0. The third-order valence-corrected chi connectivity index (χ3v) is 15.8. The van der Waals surface area contributed by atoms with Crippen molar-refractivity contribution in [1.29, 1.82) is 0 Å². The monoisotopic (exact) mass is 826 g/mol. The van der Waals surface area contributed by atoms with Crippen molar-refractivity contribution in [1.82, 2.24) is 0 Å². The minimum absolute atomic E-state index is 1.07. The molecule has 1 fully saturated rings. The van der Waals surface area contributed by atoms with Crippen molar-refractivity contribution in [3.8, 4) is 26.0 Å². The molecule has 2 aromatic heterocycles. The van der Waals surface area contributed by atoms with Crippen molar-refractivity contribution in [2.75, 3.05) is 0 Å². The number of thiophene rings is 2. The zero-order valence-electron chi connectivity index (χ0n) is 26.0. The molecule has 5 aromatic rings. The molecule has 46 heavy (non-hydrogen) atoms. The Balaban J connectivity index is 1.62. The van der Waals surface area contributed by atoms with E-state index in [0.717, 1.165) is 23.3 Å². The van der Waals surface area contributed by atoms with Gasteiger partial charge in [0.2, 0.25) is 0 Å². The van der Waals surface area contributed by atoms with Gasteiger partial charge in [0.1, 0.15) is 0 Å². The molecular formula is C42H35OsPS2+. The second-order valence-corrected chi connectivity index (χ2v) is 17.2. The molecule has 0 N–H and O–H groups in total. The van der Waals surface area contributed by atoms with Crippen LogP contribution in [-0.2, 0) is 17.9 Å². The van der Waals surface area contributed by atoms with Crippen LogP contribution in [0.4, 0.5) is 0 Å². The van der Waals surface area contributed by atoms with Crippen LogP contribution in [-0.4, -0.2) is 0 Å². The summed E-state index contributed by atoms with van der Waals surface area (Å²) in [5, 5.41) is 5.13. The van der Waals surface area contributed by atoms with Gasteiger partial charge < -0.3 is 0 Å². The van der Waals surface area contributed by atoms with Gasteiger partial charge in [0, 0.05) is 0 Å². The predicted octanol–water partition coefficient (Wildman–Crippen LogP) is 10.7. The van der Waals surface area contributed by atoms with E-state index >= 15 is 0 Å². The summed E-state index contributed by atoms with van der Waals surface area (Å²) in [7, 11) is -2.36. The summed E-state index contributed by atoms with van der Waals surface area (Å²) in [6.45, 7) is 4.23. The number of allylic oxidation sites excluding steroid dienone is 7. The Bertz CT molecular complexity index is 1940. The normalized spacial score (nSPS) is 15.5. The van der Waals surface area contributed by atoms with Gasteiger partial charge in [-0.15, -0.1) is 0 Å². The van der Waals surface area contributed by atoms with Crippen LogP contribution in [0.15, 0.2) is 156 Å². The van der Waals surface area contributed by atoms with Gasteiger partial charge in [-0.3, -0.25) is 0 Å². The van der Waals surface area contributed by atoms with E-state index in [1.165, 1.54) is 53.4 Å². The molecule has 0 spiro atoms. The van der Waals surface area contributed by atoms with E-state index < -0.39 is 7.26 Å². The van der Waals surface area contributed by atoms with E-state index in [1.54, 1.807) is 11.3 Å². The Morgan fingerprint density at radius 1 is 0.696 bits per heavy atom. The van der Waals surface area contributed by atoms with Crippen molar-refractivity contribution in [2.45, 2.75) is 33.1 Å². The van der Waals surface area contributed by atoms with E-state index in [9.17, 15) is 0 Å². The zero-order valence-corrected chi connectivity index (χ0v) is 31.1. The Kier molecular flexibility index (Phi) is 10.8. The van der Waals surface area contributed by atoms with Crippen LogP contribution >= 0.6 is 29.9 Å².